The van der Waals surface area contributed by atoms with Crippen LogP contribution in [0.5, 0.6) is 0 Å². The third kappa shape index (κ3) is 6.03. The van der Waals surface area contributed by atoms with Gasteiger partial charge in [0.25, 0.3) is 0 Å². The Morgan fingerprint density at radius 2 is 1.91 bits per heavy atom. The van der Waals surface area contributed by atoms with Gasteiger partial charge in [-0.15, -0.1) is 12.4 Å². The molecule has 2 N–H and O–H groups in total. The SMILES string of the molecule is CCCN(CC(=O)O)C(C)C(=O)Nc1ccc(C)c(C)c1.Cl. The maximum atomic E-state index is 12.3. The van der Waals surface area contributed by atoms with Crippen molar-refractivity contribution in [2.24, 2.45) is 0 Å². The van der Waals surface area contributed by atoms with Crippen molar-refractivity contribution in [3.8, 4) is 0 Å². The van der Waals surface area contributed by atoms with E-state index < -0.39 is 12.0 Å². The summed E-state index contributed by atoms with van der Waals surface area (Å²) in [6.45, 7) is 8.14. The Kier molecular flexibility index (Phi) is 8.75. The van der Waals surface area contributed by atoms with Gasteiger partial charge >= 0.3 is 5.97 Å². The van der Waals surface area contributed by atoms with E-state index in [1.807, 2.05) is 39.0 Å². The van der Waals surface area contributed by atoms with E-state index in [0.29, 0.717) is 6.54 Å². The summed E-state index contributed by atoms with van der Waals surface area (Å²) in [5, 5.41) is 11.8. The number of benzene rings is 1. The summed E-state index contributed by atoms with van der Waals surface area (Å²) >= 11 is 0. The number of carboxylic acids is 1. The predicted octanol–water partition coefficient (Wildman–Crippen LogP) is 2.85. The highest BCUT2D eigenvalue weighted by Crippen LogP contribution is 2.15. The Labute approximate surface area is 138 Å². The number of nitrogens with one attached hydrogen (secondary N) is 1. The molecule has 0 aliphatic carbocycles. The second-order valence-corrected chi connectivity index (χ2v) is 5.33. The molecule has 1 amide bonds. The Morgan fingerprint density at radius 3 is 2.41 bits per heavy atom. The molecule has 0 fully saturated rings. The highest BCUT2D eigenvalue weighted by atomic mass is 35.5. The van der Waals surface area contributed by atoms with Gasteiger partial charge in [0.15, 0.2) is 0 Å². The summed E-state index contributed by atoms with van der Waals surface area (Å²) in [7, 11) is 0. The van der Waals surface area contributed by atoms with E-state index in [9.17, 15) is 9.59 Å². The Balaban J connectivity index is 0.00000441. The fourth-order valence-corrected chi connectivity index (χ4v) is 2.10. The molecule has 0 aromatic heterocycles. The second-order valence-electron chi connectivity index (χ2n) is 5.33. The van der Waals surface area contributed by atoms with Gasteiger partial charge in [-0.05, 0) is 57.0 Å². The van der Waals surface area contributed by atoms with Gasteiger partial charge < -0.3 is 10.4 Å². The molecule has 0 saturated heterocycles. The fourth-order valence-electron chi connectivity index (χ4n) is 2.10. The molecule has 6 heteroatoms. The largest absolute Gasteiger partial charge is 0.480 e. The number of rotatable bonds is 7. The first kappa shape index (κ1) is 20.4. The fraction of sp³-hybridized carbons (Fsp3) is 0.500. The van der Waals surface area contributed by atoms with E-state index in [2.05, 4.69) is 5.32 Å². The van der Waals surface area contributed by atoms with Crippen molar-refractivity contribution in [1.29, 1.82) is 0 Å². The number of carbonyl (C=O) groups is 2. The Morgan fingerprint density at radius 1 is 1.27 bits per heavy atom. The normalized spacial score (nSPS) is 11.7. The number of amides is 1. The lowest BCUT2D eigenvalue weighted by Crippen LogP contribution is -2.44. The van der Waals surface area contributed by atoms with Gasteiger partial charge in [-0.25, -0.2) is 0 Å². The van der Waals surface area contributed by atoms with Crippen LogP contribution in [0, 0.1) is 13.8 Å². The van der Waals surface area contributed by atoms with Crippen molar-refractivity contribution in [1.82, 2.24) is 4.90 Å². The molecule has 0 heterocycles. The summed E-state index contributed by atoms with van der Waals surface area (Å²) in [5.41, 5.74) is 3.01. The smallest absolute Gasteiger partial charge is 0.317 e. The molecule has 1 aromatic rings. The first-order valence-corrected chi connectivity index (χ1v) is 7.19. The molecule has 1 atom stereocenters. The molecule has 0 aliphatic rings. The molecule has 0 bridgehead atoms. The maximum Gasteiger partial charge on any atom is 0.317 e. The van der Waals surface area contributed by atoms with Crippen LogP contribution < -0.4 is 5.32 Å². The van der Waals surface area contributed by atoms with Gasteiger partial charge in [-0.1, -0.05) is 13.0 Å². The summed E-state index contributed by atoms with van der Waals surface area (Å²) in [6, 6.07) is 5.24. The topological polar surface area (TPSA) is 69.6 Å². The summed E-state index contributed by atoms with van der Waals surface area (Å²) in [6.07, 6.45) is 0.800. The molecule has 1 unspecified atom stereocenters. The lowest BCUT2D eigenvalue weighted by atomic mass is 10.1. The van der Waals surface area contributed by atoms with Crippen molar-refractivity contribution in [3.63, 3.8) is 0 Å². The van der Waals surface area contributed by atoms with Crippen LogP contribution in [0.25, 0.3) is 0 Å². The highest BCUT2D eigenvalue weighted by molar-refractivity contribution is 5.94. The number of aryl methyl sites for hydroxylation is 2. The van der Waals surface area contributed by atoms with Crippen molar-refractivity contribution in [3.05, 3.63) is 29.3 Å². The zero-order valence-electron chi connectivity index (χ0n) is 13.5. The minimum atomic E-state index is -0.922. The third-order valence-electron chi connectivity index (χ3n) is 3.55. The molecule has 22 heavy (non-hydrogen) atoms. The highest BCUT2D eigenvalue weighted by Gasteiger charge is 2.22. The van der Waals surface area contributed by atoms with Crippen molar-refractivity contribution in [2.45, 2.75) is 40.2 Å². The third-order valence-corrected chi connectivity index (χ3v) is 3.55. The van der Waals surface area contributed by atoms with Crippen LogP contribution in [-0.4, -0.2) is 41.0 Å². The van der Waals surface area contributed by atoms with Crippen LogP contribution in [0.1, 0.15) is 31.4 Å². The molecule has 1 aromatic carbocycles. The lowest BCUT2D eigenvalue weighted by molar-refractivity contribution is -0.139. The van der Waals surface area contributed by atoms with Crippen LogP contribution >= 0.6 is 12.4 Å². The molecule has 0 radical (unpaired) electrons. The molecule has 1 rings (SSSR count). The van der Waals surface area contributed by atoms with Gasteiger partial charge in [-0.2, -0.15) is 0 Å². The van der Waals surface area contributed by atoms with Gasteiger partial charge in [0.05, 0.1) is 12.6 Å². The van der Waals surface area contributed by atoms with Crippen LogP contribution in [0.15, 0.2) is 18.2 Å². The number of nitrogens with zero attached hydrogens (tertiary/aromatic N) is 1. The quantitative estimate of drug-likeness (QED) is 0.807. The van der Waals surface area contributed by atoms with E-state index in [4.69, 9.17) is 5.11 Å². The van der Waals surface area contributed by atoms with Crippen LogP contribution in [0.4, 0.5) is 5.69 Å². The Hall–Kier alpha value is -1.59. The number of halogens is 1. The van der Waals surface area contributed by atoms with E-state index in [1.165, 1.54) is 5.56 Å². The molecule has 0 saturated carbocycles. The van der Waals surface area contributed by atoms with Crippen molar-refractivity contribution >= 4 is 30.0 Å². The van der Waals surface area contributed by atoms with E-state index >= 15 is 0 Å². The molecule has 0 aliphatic heterocycles. The summed E-state index contributed by atoms with van der Waals surface area (Å²) in [5.74, 6) is -1.11. The number of hydrogen-bond donors (Lipinski definition) is 2. The predicted molar refractivity (Wildman–Crippen MR) is 90.8 cm³/mol. The number of carbonyl (C=O) groups excluding carboxylic acids is 1. The lowest BCUT2D eigenvalue weighted by Gasteiger charge is -2.26. The number of anilines is 1. The minimum absolute atomic E-state index is 0. The van der Waals surface area contributed by atoms with E-state index in [-0.39, 0.29) is 24.9 Å². The van der Waals surface area contributed by atoms with Crippen LogP contribution in [0.3, 0.4) is 0 Å². The molecular formula is C16H25ClN2O3. The van der Waals surface area contributed by atoms with Gasteiger partial charge in [0.1, 0.15) is 0 Å². The molecule has 5 nitrogen and oxygen atoms in total. The number of aliphatic carboxylic acids is 1. The van der Waals surface area contributed by atoms with E-state index in [0.717, 1.165) is 17.7 Å². The maximum absolute atomic E-state index is 12.3. The zero-order chi connectivity index (χ0) is 16.0. The second kappa shape index (κ2) is 9.43. The Bertz CT molecular complexity index is 520. The molecule has 0 spiro atoms. The summed E-state index contributed by atoms with van der Waals surface area (Å²) < 4.78 is 0. The zero-order valence-corrected chi connectivity index (χ0v) is 14.4. The van der Waals surface area contributed by atoms with Crippen LogP contribution in [0.2, 0.25) is 0 Å². The van der Waals surface area contributed by atoms with Crippen molar-refractivity contribution in [2.75, 3.05) is 18.4 Å². The van der Waals surface area contributed by atoms with Gasteiger partial charge in [0.2, 0.25) is 5.91 Å². The van der Waals surface area contributed by atoms with E-state index in [1.54, 1.807) is 11.8 Å². The first-order chi connectivity index (χ1) is 9.85. The average molecular weight is 329 g/mol. The molecular weight excluding hydrogens is 304 g/mol. The standard InChI is InChI=1S/C16H24N2O3.ClH/c1-5-8-18(10-15(19)20)13(4)16(21)17-14-7-6-11(2)12(3)9-14;/h6-7,9,13H,5,8,10H2,1-4H3,(H,17,21)(H,19,20);1H. The summed E-state index contributed by atoms with van der Waals surface area (Å²) in [4.78, 5) is 24.8. The van der Waals surface area contributed by atoms with Crippen LogP contribution in [-0.2, 0) is 9.59 Å². The monoisotopic (exact) mass is 328 g/mol. The first-order valence-electron chi connectivity index (χ1n) is 7.19. The molecule has 124 valence electrons. The number of hydrogen-bond acceptors (Lipinski definition) is 3. The van der Waals surface area contributed by atoms with Crippen molar-refractivity contribution < 1.29 is 14.7 Å². The van der Waals surface area contributed by atoms with Gasteiger partial charge in [-0.3, -0.25) is 14.5 Å². The minimum Gasteiger partial charge on any atom is -0.480 e. The van der Waals surface area contributed by atoms with Gasteiger partial charge in [0, 0.05) is 5.69 Å². The number of carboxylic acid groups (broad SMARTS) is 1. The average Bonchev–Trinajstić information content (AvgIpc) is 2.41.